The van der Waals surface area contributed by atoms with Crippen molar-refractivity contribution in [2.45, 2.75) is 62.9 Å². The van der Waals surface area contributed by atoms with Crippen LogP contribution in [0.25, 0.3) is 0 Å². The Bertz CT molecular complexity index is 802. The highest BCUT2D eigenvalue weighted by Gasteiger charge is 2.62. The molecule has 134 valence electrons. The van der Waals surface area contributed by atoms with Crippen LogP contribution >= 0.6 is 11.6 Å². The molecule has 4 atom stereocenters. The Balaban J connectivity index is 1.57. The molecule has 0 aliphatic heterocycles. The van der Waals surface area contributed by atoms with Gasteiger partial charge in [-0.1, -0.05) is 11.6 Å². The molecule has 5 fully saturated rings. The van der Waals surface area contributed by atoms with Gasteiger partial charge in [0.1, 0.15) is 5.02 Å². The van der Waals surface area contributed by atoms with E-state index in [4.69, 9.17) is 11.6 Å². The van der Waals surface area contributed by atoms with Gasteiger partial charge in [0.15, 0.2) is 0 Å². The Hall–Kier alpha value is -1.56. The summed E-state index contributed by atoms with van der Waals surface area (Å²) in [6, 6.07) is 0.393. The van der Waals surface area contributed by atoms with E-state index in [0.717, 1.165) is 44.9 Å². The number of carboxylic acid groups (broad SMARTS) is 1. The van der Waals surface area contributed by atoms with Crippen molar-refractivity contribution in [1.82, 2.24) is 9.78 Å². The van der Waals surface area contributed by atoms with Crippen molar-refractivity contribution in [3.63, 3.8) is 0 Å². The molecule has 2 N–H and O–H groups in total. The summed E-state index contributed by atoms with van der Waals surface area (Å²) in [7, 11) is 0. The zero-order valence-corrected chi connectivity index (χ0v) is 14.8. The maximum Gasteiger partial charge on any atom is 0.309 e. The van der Waals surface area contributed by atoms with Crippen molar-refractivity contribution in [1.29, 1.82) is 0 Å². The van der Waals surface area contributed by atoms with Gasteiger partial charge in [-0.25, -0.2) is 4.68 Å². The minimum Gasteiger partial charge on any atom is -0.481 e. The van der Waals surface area contributed by atoms with Crippen molar-refractivity contribution in [3.8, 4) is 0 Å². The Morgan fingerprint density at radius 2 is 1.96 bits per heavy atom. The number of halogens is 1. The average molecular weight is 364 g/mol. The van der Waals surface area contributed by atoms with Crippen LogP contribution in [0.5, 0.6) is 0 Å². The molecule has 25 heavy (non-hydrogen) atoms. The van der Waals surface area contributed by atoms with Crippen LogP contribution in [0.1, 0.15) is 51.4 Å². The summed E-state index contributed by atoms with van der Waals surface area (Å²) in [5.74, 6) is 0.0281. The molecular formula is C18H22ClN3O3. The minimum atomic E-state index is -0.711. The summed E-state index contributed by atoms with van der Waals surface area (Å²) >= 11 is 6.36. The molecule has 5 aliphatic carbocycles. The molecule has 6 rings (SSSR count). The molecule has 1 aromatic heterocycles. The van der Waals surface area contributed by atoms with Crippen molar-refractivity contribution < 1.29 is 9.90 Å². The van der Waals surface area contributed by atoms with Gasteiger partial charge in [0.05, 0.1) is 22.8 Å². The predicted molar refractivity (Wildman–Crippen MR) is 92.9 cm³/mol. The highest BCUT2D eigenvalue weighted by atomic mass is 35.5. The highest BCUT2D eigenvalue weighted by molar-refractivity contribution is 6.32. The molecule has 0 saturated heterocycles. The number of rotatable bonds is 4. The number of nitrogens with one attached hydrogen (secondary N) is 1. The number of aliphatic carboxylic acids is 1. The quantitative estimate of drug-likeness (QED) is 0.859. The van der Waals surface area contributed by atoms with Gasteiger partial charge in [-0.05, 0) is 63.2 Å². The molecule has 1 heterocycles. The van der Waals surface area contributed by atoms with Crippen LogP contribution in [0.2, 0.25) is 5.02 Å². The molecule has 2 unspecified atom stereocenters. The SMILES string of the molecule is O=C(O)C12C[C@H]3C[C@@H](C1)CC(n1ncc(NC4CC4)c(Cl)c1=O)(C3)C2. The second kappa shape index (κ2) is 5.00. The molecule has 4 bridgehead atoms. The molecule has 0 radical (unpaired) electrons. The average Bonchev–Trinajstić information content (AvgIpc) is 3.34. The fourth-order valence-electron chi connectivity index (χ4n) is 6.03. The second-order valence-electron chi connectivity index (χ2n) is 8.78. The number of nitrogens with zero attached hydrogens (tertiary/aromatic N) is 2. The minimum absolute atomic E-state index is 0.182. The molecule has 0 amide bonds. The maximum absolute atomic E-state index is 13.0. The van der Waals surface area contributed by atoms with Gasteiger partial charge in [-0.2, -0.15) is 5.10 Å². The lowest BCUT2D eigenvalue weighted by Gasteiger charge is -2.60. The number of aromatic nitrogens is 2. The molecule has 7 heteroatoms. The first kappa shape index (κ1) is 15.7. The summed E-state index contributed by atoms with van der Waals surface area (Å²) in [6.07, 6.45) is 8.58. The predicted octanol–water partition coefficient (Wildman–Crippen LogP) is 2.85. The van der Waals surface area contributed by atoms with Gasteiger partial charge in [0.25, 0.3) is 5.56 Å². The third-order valence-corrected chi connectivity index (χ3v) is 7.15. The Labute approximate surface area is 150 Å². The zero-order chi connectivity index (χ0) is 17.4. The third-order valence-electron chi connectivity index (χ3n) is 6.79. The monoisotopic (exact) mass is 363 g/mol. The molecule has 1 aromatic rings. The lowest BCUT2D eigenvalue weighted by atomic mass is 9.47. The number of anilines is 1. The lowest BCUT2D eigenvalue weighted by molar-refractivity contribution is -0.173. The van der Waals surface area contributed by atoms with E-state index >= 15 is 0 Å². The van der Waals surface area contributed by atoms with E-state index in [1.165, 1.54) is 4.68 Å². The Morgan fingerprint density at radius 1 is 1.28 bits per heavy atom. The molecule has 5 saturated carbocycles. The van der Waals surface area contributed by atoms with Gasteiger partial charge in [-0.15, -0.1) is 0 Å². The van der Waals surface area contributed by atoms with Crippen LogP contribution in [0.3, 0.4) is 0 Å². The lowest BCUT2D eigenvalue weighted by Crippen LogP contribution is -2.61. The number of carboxylic acids is 1. The van der Waals surface area contributed by atoms with Crippen LogP contribution in [-0.4, -0.2) is 26.9 Å². The molecule has 0 aromatic carbocycles. The summed E-state index contributed by atoms with van der Waals surface area (Å²) in [5, 5.41) is 17.8. The highest BCUT2D eigenvalue weighted by Crippen LogP contribution is 2.63. The van der Waals surface area contributed by atoms with Gasteiger partial charge in [0.2, 0.25) is 0 Å². The first-order valence-corrected chi connectivity index (χ1v) is 9.57. The summed E-state index contributed by atoms with van der Waals surface area (Å²) in [6.45, 7) is 0. The molecule has 0 spiro atoms. The van der Waals surface area contributed by atoms with Crippen LogP contribution in [-0.2, 0) is 10.3 Å². The number of hydrogen-bond donors (Lipinski definition) is 2. The summed E-state index contributed by atoms with van der Waals surface area (Å²) in [5.41, 5.74) is -0.859. The van der Waals surface area contributed by atoms with Crippen molar-refractivity contribution in [2.75, 3.05) is 5.32 Å². The van der Waals surface area contributed by atoms with Gasteiger partial charge in [-0.3, -0.25) is 9.59 Å². The topological polar surface area (TPSA) is 84.2 Å². The third kappa shape index (κ3) is 2.26. The van der Waals surface area contributed by atoms with Crippen LogP contribution in [0.15, 0.2) is 11.0 Å². The summed E-state index contributed by atoms with van der Waals surface area (Å²) < 4.78 is 1.53. The standard InChI is InChI=1S/C18H22ClN3O3/c19-14-13(21-12-1-2-12)8-20-22(15(14)23)18-6-10-3-11(7-18)5-17(4-10,9-18)16(24)25/h8,10-12,21H,1-7,9H2,(H,24,25)/t10-,11+,17?,18?. The number of hydrogen-bond acceptors (Lipinski definition) is 4. The van der Waals surface area contributed by atoms with Crippen molar-refractivity contribution in [3.05, 3.63) is 21.6 Å². The van der Waals surface area contributed by atoms with Crippen LogP contribution < -0.4 is 10.9 Å². The van der Waals surface area contributed by atoms with E-state index in [-0.39, 0.29) is 10.6 Å². The van der Waals surface area contributed by atoms with Gasteiger partial charge >= 0.3 is 5.97 Å². The van der Waals surface area contributed by atoms with Crippen molar-refractivity contribution in [2.24, 2.45) is 17.3 Å². The Kier molecular flexibility index (Phi) is 3.13. The molecule has 6 nitrogen and oxygen atoms in total. The van der Waals surface area contributed by atoms with Crippen molar-refractivity contribution >= 4 is 23.3 Å². The van der Waals surface area contributed by atoms with Crippen LogP contribution in [0.4, 0.5) is 5.69 Å². The van der Waals surface area contributed by atoms with Gasteiger partial charge < -0.3 is 10.4 Å². The first-order chi connectivity index (χ1) is 11.9. The van der Waals surface area contributed by atoms with E-state index in [1.54, 1.807) is 6.20 Å². The fraction of sp³-hybridized carbons (Fsp3) is 0.722. The van der Waals surface area contributed by atoms with E-state index in [0.29, 0.717) is 30.0 Å². The van der Waals surface area contributed by atoms with Gasteiger partial charge in [0, 0.05) is 6.04 Å². The first-order valence-electron chi connectivity index (χ1n) is 9.19. The fourth-order valence-corrected chi connectivity index (χ4v) is 6.21. The normalized spacial score (nSPS) is 38.8. The maximum atomic E-state index is 13.0. The van der Waals surface area contributed by atoms with Crippen LogP contribution in [0, 0.1) is 17.3 Å². The van der Waals surface area contributed by atoms with E-state index in [1.807, 2.05) is 0 Å². The molecular weight excluding hydrogens is 342 g/mol. The largest absolute Gasteiger partial charge is 0.481 e. The van der Waals surface area contributed by atoms with E-state index < -0.39 is 16.9 Å². The smallest absolute Gasteiger partial charge is 0.309 e. The van der Waals surface area contributed by atoms with E-state index in [2.05, 4.69) is 10.4 Å². The molecule has 5 aliphatic rings. The zero-order valence-electron chi connectivity index (χ0n) is 14.0. The van der Waals surface area contributed by atoms with E-state index in [9.17, 15) is 14.7 Å². The number of carbonyl (C=O) groups is 1. The summed E-state index contributed by atoms with van der Waals surface area (Å²) in [4.78, 5) is 25.0. The Morgan fingerprint density at radius 3 is 2.56 bits per heavy atom. The second-order valence-corrected chi connectivity index (χ2v) is 9.16.